The lowest BCUT2D eigenvalue weighted by molar-refractivity contribution is 0.340. The molecule has 0 radical (unpaired) electrons. The summed E-state index contributed by atoms with van der Waals surface area (Å²) in [7, 11) is 0. The molecule has 0 bridgehead atoms. The Bertz CT molecular complexity index is 547. The van der Waals surface area contributed by atoms with E-state index in [4.69, 9.17) is 27.9 Å². The normalized spacial score (nSPS) is 10.4. The van der Waals surface area contributed by atoms with Crippen molar-refractivity contribution in [1.29, 1.82) is 0 Å². The van der Waals surface area contributed by atoms with E-state index < -0.39 is 0 Å². The van der Waals surface area contributed by atoms with Crippen LogP contribution in [0.4, 0.5) is 0 Å². The molecule has 0 atom stereocenters. The molecule has 0 aromatic heterocycles. The van der Waals surface area contributed by atoms with E-state index in [1.165, 1.54) is 6.07 Å². The van der Waals surface area contributed by atoms with Gasteiger partial charge in [-0.05, 0) is 48.9 Å². The van der Waals surface area contributed by atoms with Gasteiger partial charge in [0.15, 0.2) is 0 Å². The second-order valence-corrected chi connectivity index (χ2v) is 4.62. The van der Waals surface area contributed by atoms with Crippen molar-refractivity contribution in [3.05, 3.63) is 46.4 Å². The molecule has 18 heavy (non-hydrogen) atoms. The lowest BCUT2D eigenvalue weighted by Gasteiger charge is -2.09. The highest BCUT2D eigenvalue weighted by atomic mass is 35.5. The van der Waals surface area contributed by atoms with Gasteiger partial charge in [-0.3, -0.25) is 0 Å². The second kappa shape index (κ2) is 5.51. The Balaban J connectivity index is 2.44. The van der Waals surface area contributed by atoms with Gasteiger partial charge >= 0.3 is 0 Å². The van der Waals surface area contributed by atoms with Gasteiger partial charge in [0.05, 0.1) is 11.6 Å². The Morgan fingerprint density at radius 2 is 1.89 bits per heavy atom. The molecule has 0 aliphatic carbocycles. The van der Waals surface area contributed by atoms with Gasteiger partial charge in [0, 0.05) is 10.6 Å². The minimum Gasteiger partial charge on any atom is -0.508 e. The van der Waals surface area contributed by atoms with Crippen LogP contribution in [-0.4, -0.2) is 11.7 Å². The van der Waals surface area contributed by atoms with Crippen molar-refractivity contribution in [1.82, 2.24) is 0 Å². The van der Waals surface area contributed by atoms with Crippen molar-refractivity contribution < 1.29 is 9.84 Å². The Hall–Kier alpha value is -1.38. The highest BCUT2D eigenvalue weighted by Gasteiger charge is 2.07. The minimum atomic E-state index is 0.113. The molecule has 2 aromatic rings. The number of benzene rings is 2. The molecule has 0 saturated carbocycles. The van der Waals surface area contributed by atoms with E-state index in [0.29, 0.717) is 16.7 Å². The second-order valence-electron chi connectivity index (χ2n) is 3.77. The molecule has 0 spiro atoms. The molecule has 2 aromatic carbocycles. The molecule has 2 rings (SSSR count). The van der Waals surface area contributed by atoms with Gasteiger partial charge in [0.1, 0.15) is 11.5 Å². The summed E-state index contributed by atoms with van der Waals surface area (Å²) in [5.74, 6) is 0.833. The third-order valence-electron chi connectivity index (χ3n) is 2.45. The maximum absolute atomic E-state index is 9.53. The zero-order valence-electron chi connectivity index (χ0n) is 9.78. The standard InChI is InChI=1S/C14H12Cl2O2/c1-2-18-12-3-4-13(14(16)8-12)9-5-10(15)7-11(17)6-9/h3-8,17H,2H2,1H3. The molecule has 0 fully saturated rings. The van der Waals surface area contributed by atoms with Crippen LogP contribution in [0.5, 0.6) is 11.5 Å². The average Bonchev–Trinajstić information content (AvgIpc) is 2.28. The molecule has 94 valence electrons. The van der Waals surface area contributed by atoms with Gasteiger partial charge < -0.3 is 9.84 Å². The van der Waals surface area contributed by atoms with Crippen LogP contribution < -0.4 is 4.74 Å². The number of phenolic OH excluding ortho intramolecular Hbond substituents is 1. The van der Waals surface area contributed by atoms with Crippen molar-refractivity contribution in [2.24, 2.45) is 0 Å². The van der Waals surface area contributed by atoms with Crippen molar-refractivity contribution in [3.8, 4) is 22.6 Å². The number of halogens is 2. The zero-order valence-corrected chi connectivity index (χ0v) is 11.3. The Kier molecular flexibility index (Phi) is 4.00. The first-order chi connectivity index (χ1) is 8.60. The Morgan fingerprint density at radius 1 is 1.11 bits per heavy atom. The first-order valence-corrected chi connectivity index (χ1v) is 6.28. The van der Waals surface area contributed by atoms with E-state index in [1.807, 2.05) is 19.1 Å². The summed E-state index contributed by atoms with van der Waals surface area (Å²) >= 11 is 12.1. The van der Waals surface area contributed by atoms with E-state index in [-0.39, 0.29) is 5.75 Å². The molecular formula is C14H12Cl2O2. The zero-order chi connectivity index (χ0) is 13.1. The summed E-state index contributed by atoms with van der Waals surface area (Å²) < 4.78 is 5.37. The summed E-state index contributed by atoms with van der Waals surface area (Å²) in [6.07, 6.45) is 0. The summed E-state index contributed by atoms with van der Waals surface area (Å²) in [4.78, 5) is 0. The maximum atomic E-state index is 9.53. The first kappa shape index (κ1) is 13.1. The molecule has 0 saturated heterocycles. The van der Waals surface area contributed by atoms with Gasteiger partial charge in [-0.15, -0.1) is 0 Å². The van der Waals surface area contributed by atoms with Crippen molar-refractivity contribution in [3.63, 3.8) is 0 Å². The molecule has 0 unspecified atom stereocenters. The Labute approximate surface area is 116 Å². The topological polar surface area (TPSA) is 29.5 Å². The number of hydrogen-bond donors (Lipinski definition) is 1. The average molecular weight is 283 g/mol. The quantitative estimate of drug-likeness (QED) is 0.879. The number of phenols is 1. The third kappa shape index (κ3) is 2.89. The van der Waals surface area contributed by atoms with Crippen molar-refractivity contribution in [2.75, 3.05) is 6.61 Å². The molecule has 0 heterocycles. The predicted octanol–water partition coefficient (Wildman–Crippen LogP) is 4.76. The number of rotatable bonds is 3. The van der Waals surface area contributed by atoms with E-state index in [9.17, 15) is 5.11 Å². The molecule has 1 N–H and O–H groups in total. The van der Waals surface area contributed by atoms with Crippen LogP contribution in [0.1, 0.15) is 6.92 Å². The minimum absolute atomic E-state index is 0.113. The van der Waals surface area contributed by atoms with Crippen LogP contribution in [0.25, 0.3) is 11.1 Å². The van der Waals surface area contributed by atoms with E-state index in [2.05, 4.69) is 0 Å². The lowest BCUT2D eigenvalue weighted by Crippen LogP contribution is -1.91. The van der Waals surface area contributed by atoms with Crippen LogP contribution in [0.2, 0.25) is 10.0 Å². The maximum Gasteiger partial charge on any atom is 0.120 e. The highest BCUT2D eigenvalue weighted by molar-refractivity contribution is 6.34. The van der Waals surface area contributed by atoms with Gasteiger partial charge in [0.25, 0.3) is 0 Å². The van der Waals surface area contributed by atoms with E-state index in [1.54, 1.807) is 18.2 Å². The fourth-order valence-corrected chi connectivity index (χ4v) is 2.23. The number of aromatic hydroxyl groups is 1. The fourth-order valence-electron chi connectivity index (χ4n) is 1.72. The molecule has 0 amide bonds. The van der Waals surface area contributed by atoms with Crippen molar-refractivity contribution in [2.45, 2.75) is 6.92 Å². The highest BCUT2D eigenvalue weighted by Crippen LogP contribution is 2.34. The third-order valence-corrected chi connectivity index (χ3v) is 2.98. The van der Waals surface area contributed by atoms with Gasteiger partial charge in [-0.25, -0.2) is 0 Å². The van der Waals surface area contributed by atoms with Gasteiger partial charge in [-0.2, -0.15) is 0 Å². The van der Waals surface area contributed by atoms with Crippen LogP contribution in [0, 0.1) is 0 Å². The predicted molar refractivity (Wildman–Crippen MR) is 74.7 cm³/mol. The van der Waals surface area contributed by atoms with Crippen molar-refractivity contribution >= 4 is 23.2 Å². The van der Waals surface area contributed by atoms with Crippen LogP contribution in [-0.2, 0) is 0 Å². The largest absolute Gasteiger partial charge is 0.508 e. The number of hydrogen-bond acceptors (Lipinski definition) is 2. The monoisotopic (exact) mass is 282 g/mol. The van der Waals surface area contributed by atoms with Gasteiger partial charge in [0.2, 0.25) is 0 Å². The molecule has 0 aliphatic rings. The first-order valence-electron chi connectivity index (χ1n) is 5.52. The molecule has 4 heteroatoms. The Morgan fingerprint density at radius 3 is 2.50 bits per heavy atom. The molecule has 2 nitrogen and oxygen atoms in total. The summed E-state index contributed by atoms with van der Waals surface area (Å²) in [5, 5.41) is 10.6. The van der Waals surface area contributed by atoms with Crippen LogP contribution in [0.3, 0.4) is 0 Å². The summed E-state index contributed by atoms with van der Waals surface area (Å²) in [5.41, 5.74) is 1.57. The number of ether oxygens (including phenoxy) is 1. The van der Waals surface area contributed by atoms with Crippen LogP contribution >= 0.6 is 23.2 Å². The SMILES string of the molecule is CCOc1ccc(-c2cc(O)cc(Cl)c2)c(Cl)c1. The smallest absolute Gasteiger partial charge is 0.120 e. The fraction of sp³-hybridized carbons (Fsp3) is 0.143. The molecule has 0 aliphatic heterocycles. The van der Waals surface area contributed by atoms with Gasteiger partial charge in [-0.1, -0.05) is 23.2 Å². The lowest BCUT2D eigenvalue weighted by atomic mass is 10.1. The van der Waals surface area contributed by atoms with E-state index >= 15 is 0 Å². The van der Waals surface area contributed by atoms with E-state index in [0.717, 1.165) is 16.9 Å². The molecular weight excluding hydrogens is 271 g/mol. The summed E-state index contributed by atoms with van der Waals surface area (Å²) in [6.45, 7) is 2.50. The van der Waals surface area contributed by atoms with Crippen LogP contribution in [0.15, 0.2) is 36.4 Å². The summed E-state index contributed by atoms with van der Waals surface area (Å²) in [6, 6.07) is 10.3.